The van der Waals surface area contributed by atoms with Crippen molar-refractivity contribution in [2.75, 3.05) is 18.5 Å². The van der Waals surface area contributed by atoms with Gasteiger partial charge in [-0.1, -0.05) is 32.0 Å². The largest absolute Gasteiger partial charge is 0.347 e. The van der Waals surface area contributed by atoms with Crippen LogP contribution in [0.15, 0.2) is 36.0 Å². The Morgan fingerprint density at radius 3 is 2.78 bits per heavy atom. The maximum Gasteiger partial charge on any atom is 0.188 e. The van der Waals surface area contributed by atoms with Crippen LogP contribution in [0.5, 0.6) is 0 Å². The van der Waals surface area contributed by atoms with E-state index < -0.39 is 5.92 Å². The number of ketones is 1. The fourth-order valence-electron chi connectivity index (χ4n) is 3.65. The first-order valence-electron chi connectivity index (χ1n) is 8.05. The number of hydrogen-bond acceptors (Lipinski definition) is 3. The summed E-state index contributed by atoms with van der Waals surface area (Å²) in [6.45, 7) is 5.10. The van der Waals surface area contributed by atoms with E-state index in [1.807, 2.05) is 19.2 Å². The van der Waals surface area contributed by atoms with Crippen molar-refractivity contribution in [1.82, 2.24) is 0 Å². The summed E-state index contributed by atoms with van der Waals surface area (Å²) in [5, 5.41) is 9.43. The Balaban J connectivity index is 1.97. The number of carbonyl (C=O) groups is 1. The molecule has 0 saturated heterocycles. The highest BCUT2D eigenvalue weighted by Gasteiger charge is 2.40. The number of benzene rings is 1. The number of carbonyl (C=O) groups excluding carboxylic acids is 1. The zero-order chi connectivity index (χ0) is 16.6. The molecule has 0 aliphatic carbocycles. The number of fused-ring (bicyclic) bond motifs is 1. The van der Waals surface area contributed by atoms with E-state index in [2.05, 4.69) is 41.9 Å². The molecule has 2 aliphatic heterocycles. The molecule has 2 aliphatic rings. The lowest BCUT2D eigenvalue weighted by Crippen LogP contribution is -2.71. The molecule has 1 atom stereocenters. The van der Waals surface area contributed by atoms with Crippen LogP contribution in [0, 0.1) is 17.2 Å². The number of nitrogens with zero attached hydrogens (tertiary/aromatic N) is 2. The first-order chi connectivity index (χ1) is 11.0. The van der Waals surface area contributed by atoms with Gasteiger partial charge >= 0.3 is 0 Å². The topological polar surface area (TPSA) is 58.1 Å². The molecule has 0 saturated carbocycles. The number of likely N-dealkylation sites (N-methyl/N-ethyl adjacent to an activating group) is 1. The van der Waals surface area contributed by atoms with Crippen molar-refractivity contribution in [1.29, 1.82) is 5.26 Å². The Morgan fingerprint density at radius 1 is 1.43 bits per heavy atom. The SMILES string of the molecule is CN1/C(=C/C(=O)[C@H](C#N)C2=[NH+]CCC2)C(C)(C)c2ccccc21. The second-order valence-electron chi connectivity index (χ2n) is 6.75. The Bertz CT molecular complexity index is 752. The summed E-state index contributed by atoms with van der Waals surface area (Å²) in [5.41, 5.74) is 3.90. The fourth-order valence-corrected chi connectivity index (χ4v) is 3.65. The second kappa shape index (κ2) is 5.66. The van der Waals surface area contributed by atoms with Gasteiger partial charge in [-0.3, -0.25) is 4.79 Å². The third-order valence-electron chi connectivity index (χ3n) is 4.96. The molecule has 0 amide bonds. The Morgan fingerprint density at radius 2 is 2.17 bits per heavy atom. The molecule has 4 heteroatoms. The van der Waals surface area contributed by atoms with Gasteiger partial charge in [-0.15, -0.1) is 0 Å². The highest BCUT2D eigenvalue weighted by atomic mass is 16.1. The smallest absolute Gasteiger partial charge is 0.188 e. The summed E-state index contributed by atoms with van der Waals surface area (Å²) in [5.74, 6) is -0.808. The van der Waals surface area contributed by atoms with Gasteiger partial charge in [0.15, 0.2) is 17.4 Å². The zero-order valence-corrected chi connectivity index (χ0v) is 13.9. The van der Waals surface area contributed by atoms with Gasteiger partial charge in [0.2, 0.25) is 0 Å². The summed E-state index contributed by atoms with van der Waals surface area (Å²) in [7, 11) is 1.98. The van der Waals surface area contributed by atoms with Crippen molar-refractivity contribution in [3.05, 3.63) is 41.6 Å². The van der Waals surface area contributed by atoms with E-state index in [1.54, 1.807) is 6.08 Å². The van der Waals surface area contributed by atoms with Gasteiger partial charge in [-0.25, -0.2) is 4.99 Å². The molecule has 0 spiro atoms. The molecule has 1 aromatic rings. The Kier molecular flexibility index (Phi) is 3.81. The molecule has 4 nitrogen and oxygen atoms in total. The lowest BCUT2D eigenvalue weighted by Gasteiger charge is -2.24. The molecule has 3 rings (SSSR count). The lowest BCUT2D eigenvalue weighted by atomic mass is 9.82. The zero-order valence-electron chi connectivity index (χ0n) is 13.9. The number of nitrogens with one attached hydrogen (secondary N) is 1. The number of nitriles is 1. The lowest BCUT2D eigenvalue weighted by molar-refractivity contribution is -0.448. The van der Waals surface area contributed by atoms with Crippen molar-refractivity contribution >= 4 is 17.2 Å². The number of hydrogen-bond donors (Lipinski definition) is 1. The van der Waals surface area contributed by atoms with E-state index in [-0.39, 0.29) is 11.2 Å². The third kappa shape index (κ3) is 2.46. The highest BCUT2D eigenvalue weighted by Crippen LogP contribution is 2.46. The summed E-state index contributed by atoms with van der Waals surface area (Å²) in [6, 6.07) is 10.4. The van der Waals surface area contributed by atoms with Gasteiger partial charge in [0.05, 0.1) is 6.07 Å². The number of rotatable bonds is 3. The fraction of sp³-hybridized carbons (Fsp3) is 0.421. The number of anilines is 1. The monoisotopic (exact) mass is 308 g/mol. The van der Waals surface area contributed by atoms with E-state index in [4.69, 9.17) is 0 Å². The number of para-hydroxylation sites is 1. The van der Waals surface area contributed by atoms with Crippen LogP contribution < -0.4 is 9.89 Å². The van der Waals surface area contributed by atoms with Gasteiger partial charge in [0.25, 0.3) is 0 Å². The van der Waals surface area contributed by atoms with E-state index in [9.17, 15) is 10.1 Å². The predicted molar refractivity (Wildman–Crippen MR) is 90.1 cm³/mol. The van der Waals surface area contributed by atoms with E-state index in [0.29, 0.717) is 0 Å². The molecular weight excluding hydrogens is 286 g/mol. The quantitative estimate of drug-likeness (QED) is 0.857. The van der Waals surface area contributed by atoms with E-state index in [0.717, 1.165) is 36.5 Å². The second-order valence-corrected chi connectivity index (χ2v) is 6.75. The minimum absolute atomic E-state index is 0.125. The molecule has 2 heterocycles. The summed E-state index contributed by atoms with van der Waals surface area (Å²) >= 11 is 0. The minimum Gasteiger partial charge on any atom is -0.347 e. The van der Waals surface area contributed by atoms with Crippen LogP contribution in [-0.4, -0.2) is 25.1 Å². The molecule has 23 heavy (non-hydrogen) atoms. The molecule has 1 aromatic carbocycles. The van der Waals surface area contributed by atoms with Crippen LogP contribution in [0.4, 0.5) is 5.69 Å². The third-order valence-corrected chi connectivity index (χ3v) is 4.96. The van der Waals surface area contributed by atoms with Crippen LogP contribution in [0.2, 0.25) is 0 Å². The molecule has 0 radical (unpaired) electrons. The van der Waals surface area contributed by atoms with Gasteiger partial charge in [0.1, 0.15) is 6.54 Å². The van der Waals surface area contributed by atoms with Crippen LogP contribution in [0.3, 0.4) is 0 Å². The van der Waals surface area contributed by atoms with Gasteiger partial charge in [-0.2, -0.15) is 5.26 Å². The molecular formula is C19H22N3O+. The first-order valence-corrected chi connectivity index (χ1v) is 8.05. The molecule has 0 aromatic heterocycles. The average molecular weight is 308 g/mol. The van der Waals surface area contributed by atoms with E-state index >= 15 is 0 Å². The summed E-state index contributed by atoms with van der Waals surface area (Å²) < 4.78 is 0. The van der Waals surface area contributed by atoms with E-state index in [1.165, 1.54) is 5.56 Å². The van der Waals surface area contributed by atoms with Crippen LogP contribution in [0.25, 0.3) is 0 Å². The van der Waals surface area contributed by atoms with Crippen molar-refractivity contribution in [3.8, 4) is 6.07 Å². The van der Waals surface area contributed by atoms with Crippen LogP contribution >= 0.6 is 0 Å². The normalized spacial score (nSPS) is 21.7. The summed E-state index contributed by atoms with van der Waals surface area (Å²) in [4.78, 5) is 18.0. The maximum atomic E-state index is 12.7. The summed E-state index contributed by atoms with van der Waals surface area (Å²) in [6.07, 6.45) is 3.47. The van der Waals surface area contributed by atoms with Crippen molar-refractivity contribution in [2.24, 2.45) is 5.92 Å². The van der Waals surface area contributed by atoms with Gasteiger partial charge in [0, 0.05) is 42.8 Å². The molecule has 1 N–H and O–H groups in total. The molecule has 0 fully saturated rings. The van der Waals surface area contributed by atoms with Gasteiger partial charge in [-0.05, 0) is 11.6 Å². The van der Waals surface area contributed by atoms with Crippen molar-refractivity contribution < 1.29 is 9.79 Å². The standard InChI is InChI=1S/C19H21N3O/c1-19(2)14-7-4-5-9-16(14)22(3)18(19)11-17(23)13(12-20)15-8-6-10-21-15/h4-5,7,9,11,13H,6,8,10H2,1-3H3/p+1/b18-11+/t13-/m1/s1. The predicted octanol–water partition coefficient (Wildman–Crippen LogP) is 1.32. The first kappa shape index (κ1) is 15.5. The molecule has 0 bridgehead atoms. The maximum absolute atomic E-state index is 12.7. The average Bonchev–Trinajstić information content (AvgIpc) is 3.11. The number of allylic oxidation sites excluding steroid dienone is 2. The Hall–Kier alpha value is -2.41. The van der Waals surface area contributed by atoms with Crippen LogP contribution in [-0.2, 0) is 10.2 Å². The van der Waals surface area contributed by atoms with Crippen LogP contribution in [0.1, 0.15) is 32.3 Å². The van der Waals surface area contributed by atoms with Crippen molar-refractivity contribution in [2.45, 2.75) is 32.1 Å². The minimum atomic E-state index is -0.682. The Labute approximate surface area is 137 Å². The molecule has 118 valence electrons. The highest BCUT2D eigenvalue weighted by molar-refractivity contribution is 6.10. The van der Waals surface area contributed by atoms with Crippen molar-refractivity contribution in [3.63, 3.8) is 0 Å². The van der Waals surface area contributed by atoms with Gasteiger partial charge < -0.3 is 4.90 Å². The molecule has 0 unspecified atom stereocenters.